The Morgan fingerprint density at radius 1 is 0.844 bits per heavy atom. The number of hydrogen-bond acceptors (Lipinski definition) is 4. The van der Waals surface area contributed by atoms with Crippen molar-refractivity contribution in [3.63, 3.8) is 0 Å². The number of rotatable bonds is 5. The van der Waals surface area contributed by atoms with Gasteiger partial charge in [0.05, 0.1) is 5.52 Å². The summed E-state index contributed by atoms with van der Waals surface area (Å²) in [6.07, 6.45) is 3.70. The van der Waals surface area contributed by atoms with Gasteiger partial charge in [0.2, 0.25) is 0 Å². The molecule has 5 rings (SSSR count). The number of nitrogens with one attached hydrogen (secondary N) is 1. The Balaban J connectivity index is 1.17. The van der Waals surface area contributed by atoms with E-state index in [1.165, 1.54) is 11.1 Å². The van der Waals surface area contributed by atoms with Crippen LogP contribution in [0, 0.1) is 0 Å². The molecule has 160 valence electrons. The van der Waals surface area contributed by atoms with Crippen molar-refractivity contribution in [3.05, 3.63) is 96.7 Å². The summed E-state index contributed by atoms with van der Waals surface area (Å²) >= 11 is 0. The second kappa shape index (κ2) is 9.10. The van der Waals surface area contributed by atoms with Crippen molar-refractivity contribution in [1.82, 2.24) is 10.3 Å². The summed E-state index contributed by atoms with van der Waals surface area (Å²) in [6.45, 7) is 1.81. The second-order valence-electron chi connectivity index (χ2n) is 8.02. The van der Waals surface area contributed by atoms with E-state index < -0.39 is 0 Å². The van der Waals surface area contributed by atoms with Gasteiger partial charge in [-0.05, 0) is 61.4 Å². The molecule has 1 N–H and O–H groups in total. The first-order chi connectivity index (χ1) is 15.8. The maximum atomic E-state index is 12.7. The van der Waals surface area contributed by atoms with Crippen LogP contribution >= 0.6 is 0 Å². The molecule has 0 aliphatic carbocycles. The van der Waals surface area contributed by atoms with Crippen LogP contribution in [0.15, 0.2) is 91.1 Å². The van der Waals surface area contributed by atoms with Crippen LogP contribution in [0.25, 0.3) is 10.9 Å². The van der Waals surface area contributed by atoms with Crippen LogP contribution in [0.4, 0.5) is 5.69 Å². The first kappa shape index (κ1) is 20.1. The zero-order valence-corrected chi connectivity index (χ0v) is 17.8. The van der Waals surface area contributed by atoms with Crippen molar-refractivity contribution < 1.29 is 9.53 Å². The number of para-hydroxylation sites is 2. The lowest BCUT2D eigenvalue weighted by molar-refractivity contribution is 0.0931. The van der Waals surface area contributed by atoms with Gasteiger partial charge in [0, 0.05) is 42.0 Å². The van der Waals surface area contributed by atoms with Gasteiger partial charge in [-0.2, -0.15) is 0 Å². The molecule has 0 radical (unpaired) electrons. The van der Waals surface area contributed by atoms with Crippen LogP contribution in [0.5, 0.6) is 11.5 Å². The summed E-state index contributed by atoms with van der Waals surface area (Å²) in [5.74, 6) is 1.45. The first-order valence-electron chi connectivity index (χ1n) is 11.0. The molecule has 1 aliphatic rings. The molecule has 0 spiro atoms. The summed E-state index contributed by atoms with van der Waals surface area (Å²) in [5, 5.41) is 4.37. The van der Waals surface area contributed by atoms with Crippen molar-refractivity contribution in [2.45, 2.75) is 18.9 Å². The SMILES string of the molecule is O=C(NC1CCN(c2ccnc3ccccc23)CC1)c1ccc(Oc2ccccc2)cc1. The van der Waals surface area contributed by atoms with Crippen molar-refractivity contribution in [2.75, 3.05) is 18.0 Å². The van der Waals surface area contributed by atoms with Gasteiger partial charge in [-0.1, -0.05) is 36.4 Å². The van der Waals surface area contributed by atoms with Gasteiger partial charge in [0.15, 0.2) is 0 Å². The van der Waals surface area contributed by atoms with E-state index in [4.69, 9.17) is 4.74 Å². The largest absolute Gasteiger partial charge is 0.457 e. The van der Waals surface area contributed by atoms with Gasteiger partial charge >= 0.3 is 0 Å². The first-order valence-corrected chi connectivity index (χ1v) is 11.0. The lowest BCUT2D eigenvalue weighted by Crippen LogP contribution is -2.44. The molecule has 0 unspecified atom stereocenters. The number of anilines is 1. The number of pyridine rings is 1. The number of aromatic nitrogens is 1. The monoisotopic (exact) mass is 423 g/mol. The standard InChI is InChI=1S/C27H25N3O2/c31-27(20-10-12-23(13-11-20)32-22-6-2-1-3-7-22)29-21-15-18-30(19-16-21)26-14-17-28-25-9-5-4-8-24(25)26/h1-14,17,21H,15-16,18-19H2,(H,29,31). The molecule has 2 heterocycles. The maximum absolute atomic E-state index is 12.7. The second-order valence-corrected chi connectivity index (χ2v) is 8.02. The fourth-order valence-corrected chi connectivity index (χ4v) is 4.19. The zero-order chi connectivity index (χ0) is 21.8. The Labute approximate surface area is 187 Å². The smallest absolute Gasteiger partial charge is 0.251 e. The topological polar surface area (TPSA) is 54.5 Å². The van der Waals surface area contributed by atoms with Gasteiger partial charge in [0.25, 0.3) is 5.91 Å². The van der Waals surface area contributed by atoms with E-state index in [0.717, 1.165) is 37.2 Å². The van der Waals surface area contributed by atoms with Crippen molar-refractivity contribution in [3.8, 4) is 11.5 Å². The molecule has 1 amide bonds. The molecule has 32 heavy (non-hydrogen) atoms. The number of ether oxygens (including phenoxy) is 1. The molecular formula is C27H25N3O2. The molecule has 1 aliphatic heterocycles. The number of fused-ring (bicyclic) bond motifs is 1. The maximum Gasteiger partial charge on any atom is 0.251 e. The van der Waals surface area contributed by atoms with Gasteiger partial charge < -0.3 is 15.0 Å². The summed E-state index contributed by atoms with van der Waals surface area (Å²) < 4.78 is 5.81. The lowest BCUT2D eigenvalue weighted by atomic mass is 10.0. The Kier molecular flexibility index (Phi) is 5.71. The Morgan fingerprint density at radius 3 is 2.31 bits per heavy atom. The fraction of sp³-hybridized carbons (Fsp3) is 0.185. The highest BCUT2D eigenvalue weighted by molar-refractivity contribution is 5.94. The average Bonchev–Trinajstić information content (AvgIpc) is 2.85. The van der Waals surface area contributed by atoms with Crippen LogP contribution in [0.1, 0.15) is 23.2 Å². The highest BCUT2D eigenvalue weighted by Crippen LogP contribution is 2.28. The van der Waals surface area contributed by atoms with E-state index in [1.54, 1.807) is 0 Å². The Hall–Kier alpha value is -3.86. The van der Waals surface area contributed by atoms with Gasteiger partial charge in [-0.15, -0.1) is 0 Å². The van der Waals surface area contributed by atoms with Crippen molar-refractivity contribution >= 4 is 22.5 Å². The summed E-state index contributed by atoms with van der Waals surface area (Å²) in [7, 11) is 0. The number of amides is 1. The minimum absolute atomic E-state index is 0.0379. The van der Waals surface area contributed by atoms with E-state index in [9.17, 15) is 4.79 Å². The van der Waals surface area contributed by atoms with E-state index in [-0.39, 0.29) is 11.9 Å². The molecule has 5 nitrogen and oxygen atoms in total. The number of hydrogen-bond donors (Lipinski definition) is 1. The molecule has 1 fully saturated rings. The van der Waals surface area contributed by atoms with Crippen LogP contribution in [-0.4, -0.2) is 30.0 Å². The number of benzene rings is 3. The molecule has 1 saturated heterocycles. The molecule has 0 bridgehead atoms. The highest BCUT2D eigenvalue weighted by atomic mass is 16.5. The summed E-state index contributed by atoms with van der Waals surface area (Å²) in [4.78, 5) is 19.6. The van der Waals surface area contributed by atoms with Crippen LogP contribution in [0.3, 0.4) is 0 Å². The number of nitrogens with zero attached hydrogens (tertiary/aromatic N) is 2. The third-order valence-corrected chi connectivity index (χ3v) is 5.89. The van der Waals surface area contributed by atoms with E-state index in [0.29, 0.717) is 11.3 Å². The molecule has 4 aromatic rings. The van der Waals surface area contributed by atoms with E-state index in [2.05, 4.69) is 33.4 Å². The summed E-state index contributed by atoms with van der Waals surface area (Å²) in [6, 6.07) is 27.4. The third kappa shape index (κ3) is 4.42. The molecular weight excluding hydrogens is 398 g/mol. The minimum atomic E-state index is -0.0379. The van der Waals surface area contributed by atoms with Gasteiger partial charge in [-0.25, -0.2) is 0 Å². The number of carbonyl (C=O) groups is 1. The van der Waals surface area contributed by atoms with E-state index in [1.807, 2.05) is 72.9 Å². The average molecular weight is 424 g/mol. The fourth-order valence-electron chi connectivity index (χ4n) is 4.19. The van der Waals surface area contributed by atoms with Crippen LogP contribution in [-0.2, 0) is 0 Å². The van der Waals surface area contributed by atoms with Crippen LogP contribution in [0.2, 0.25) is 0 Å². The van der Waals surface area contributed by atoms with Gasteiger partial charge in [0.1, 0.15) is 11.5 Å². The predicted octanol–water partition coefficient (Wildman–Crippen LogP) is 5.43. The lowest BCUT2D eigenvalue weighted by Gasteiger charge is -2.34. The Bertz CT molecular complexity index is 1200. The summed E-state index contributed by atoms with van der Waals surface area (Å²) in [5.41, 5.74) is 2.88. The molecule has 5 heteroatoms. The Morgan fingerprint density at radius 2 is 1.53 bits per heavy atom. The number of carbonyl (C=O) groups excluding carboxylic acids is 1. The van der Waals surface area contributed by atoms with Gasteiger partial charge in [-0.3, -0.25) is 9.78 Å². The highest BCUT2D eigenvalue weighted by Gasteiger charge is 2.22. The van der Waals surface area contributed by atoms with Crippen molar-refractivity contribution in [2.24, 2.45) is 0 Å². The molecule has 1 aromatic heterocycles. The third-order valence-electron chi connectivity index (χ3n) is 5.89. The minimum Gasteiger partial charge on any atom is -0.457 e. The van der Waals surface area contributed by atoms with E-state index >= 15 is 0 Å². The quantitative estimate of drug-likeness (QED) is 0.465. The molecule has 3 aromatic carbocycles. The molecule has 0 saturated carbocycles. The van der Waals surface area contributed by atoms with Crippen molar-refractivity contribution in [1.29, 1.82) is 0 Å². The normalized spacial score (nSPS) is 14.3. The predicted molar refractivity (Wildman–Crippen MR) is 127 cm³/mol. The number of piperidine rings is 1. The van der Waals surface area contributed by atoms with Crippen LogP contribution < -0.4 is 15.0 Å². The zero-order valence-electron chi connectivity index (χ0n) is 17.8. The molecule has 0 atom stereocenters.